The summed E-state index contributed by atoms with van der Waals surface area (Å²) in [6.07, 6.45) is 1.45. The zero-order valence-corrected chi connectivity index (χ0v) is 23.2. The van der Waals surface area contributed by atoms with Gasteiger partial charge in [0.15, 0.2) is 0 Å². The van der Waals surface area contributed by atoms with Crippen LogP contribution in [0.3, 0.4) is 0 Å². The van der Waals surface area contributed by atoms with E-state index in [0.717, 1.165) is 21.6 Å². The summed E-state index contributed by atoms with van der Waals surface area (Å²) >= 11 is 1.34. The van der Waals surface area contributed by atoms with E-state index >= 15 is 0 Å². The lowest BCUT2D eigenvalue weighted by Gasteiger charge is -2.41. The van der Waals surface area contributed by atoms with Gasteiger partial charge in [-0.25, -0.2) is 9.78 Å². The maximum atomic E-state index is 13.7. The Morgan fingerprint density at radius 1 is 1.13 bits per heavy atom. The third-order valence-corrected chi connectivity index (χ3v) is 8.04. The predicted octanol–water partition coefficient (Wildman–Crippen LogP) is 5.55. The van der Waals surface area contributed by atoms with Gasteiger partial charge in [-0.1, -0.05) is 26.8 Å². The first-order valence-corrected chi connectivity index (χ1v) is 13.1. The van der Waals surface area contributed by atoms with E-state index in [1.165, 1.54) is 23.6 Å². The average Bonchev–Trinajstić information content (AvgIpc) is 3.26. The molecule has 4 rings (SSSR count). The van der Waals surface area contributed by atoms with Gasteiger partial charge < -0.3 is 15.5 Å². The molecule has 1 aliphatic heterocycles. The number of piperazine rings is 1. The maximum absolute atomic E-state index is 13.7. The van der Waals surface area contributed by atoms with Crippen molar-refractivity contribution in [3.8, 4) is 11.1 Å². The molecule has 1 fully saturated rings. The number of anilines is 2. The van der Waals surface area contributed by atoms with Crippen LogP contribution in [0.4, 0.5) is 19.9 Å². The van der Waals surface area contributed by atoms with Crippen molar-refractivity contribution in [2.45, 2.75) is 52.5 Å². The number of halogens is 1. The number of pyridine rings is 1. The standard InChI is InChI=1S/C28H32FN5O3S/c1-16-7-9-18(13-19(16)17-8-10-22(29)31-15-17)32-26(37)33-23-20(14-21(38-23)27(2,3)4)24(35)34-12-11-30-25(36)28(34,5)6/h7-10,13-15H,11-12H2,1-6H3,(H,30,36)(H2,32,33,37). The number of rotatable bonds is 4. The van der Waals surface area contributed by atoms with Gasteiger partial charge in [-0.3, -0.25) is 14.9 Å². The topological polar surface area (TPSA) is 103 Å². The van der Waals surface area contributed by atoms with Crippen LogP contribution in [0.2, 0.25) is 0 Å². The molecule has 8 nitrogen and oxygen atoms in total. The fourth-order valence-corrected chi connectivity index (χ4v) is 5.33. The van der Waals surface area contributed by atoms with Gasteiger partial charge in [0, 0.05) is 35.4 Å². The Kier molecular flexibility index (Phi) is 7.29. The summed E-state index contributed by atoms with van der Waals surface area (Å²) in [7, 11) is 0. The quantitative estimate of drug-likeness (QED) is 0.380. The highest BCUT2D eigenvalue weighted by Crippen LogP contribution is 2.38. The Balaban J connectivity index is 1.60. The molecule has 3 N–H and O–H groups in total. The second-order valence-electron chi connectivity index (χ2n) is 10.9. The molecule has 0 bridgehead atoms. The highest BCUT2D eigenvalue weighted by Gasteiger charge is 2.42. The van der Waals surface area contributed by atoms with Crippen molar-refractivity contribution in [2.75, 3.05) is 23.7 Å². The molecule has 0 saturated carbocycles. The monoisotopic (exact) mass is 537 g/mol. The lowest BCUT2D eigenvalue weighted by atomic mass is 9.93. The number of hydrogen-bond donors (Lipinski definition) is 3. The minimum absolute atomic E-state index is 0.220. The molecular weight excluding hydrogens is 505 g/mol. The van der Waals surface area contributed by atoms with Gasteiger partial charge in [0.25, 0.3) is 5.91 Å². The van der Waals surface area contributed by atoms with Gasteiger partial charge in [0.1, 0.15) is 10.5 Å². The van der Waals surface area contributed by atoms with Crippen LogP contribution in [0, 0.1) is 12.9 Å². The number of thiophene rings is 1. The number of aryl methyl sites for hydroxylation is 1. The maximum Gasteiger partial charge on any atom is 0.324 e. The molecule has 0 atom stereocenters. The second kappa shape index (κ2) is 10.2. The summed E-state index contributed by atoms with van der Waals surface area (Å²) in [5.74, 6) is -1.10. The Morgan fingerprint density at radius 3 is 2.53 bits per heavy atom. The van der Waals surface area contributed by atoms with E-state index in [9.17, 15) is 18.8 Å². The van der Waals surface area contributed by atoms with E-state index in [1.54, 1.807) is 43.0 Å². The third-order valence-electron chi connectivity index (χ3n) is 6.56. The number of aromatic nitrogens is 1. The van der Waals surface area contributed by atoms with Crippen molar-refractivity contribution in [1.82, 2.24) is 15.2 Å². The number of carbonyl (C=O) groups excluding carboxylic acids is 3. The van der Waals surface area contributed by atoms with Gasteiger partial charge in [0.05, 0.1) is 5.56 Å². The van der Waals surface area contributed by atoms with E-state index in [4.69, 9.17) is 0 Å². The molecule has 3 heterocycles. The molecule has 10 heteroatoms. The number of hydrogen-bond acceptors (Lipinski definition) is 5. The van der Waals surface area contributed by atoms with Crippen molar-refractivity contribution in [2.24, 2.45) is 0 Å². The number of amides is 4. The van der Waals surface area contributed by atoms with E-state index in [2.05, 4.69) is 20.9 Å². The molecule has 0 spiro atoms. The molecule has 3 aromatic rings. The number of nitrogens with one attached hydrogen (secondary N) is 3. The summed E-state index contributed by atoms with van der Waals surface area (Å²) in [5, 5.41) is 8.89. The molecule has 2 aromatic heterocycles. The first-order valence-electron chi connectivity index (χ1n) is 12.3. The van der Waals surface area contributed by atoms with E-state index in [-0.39, 0.29) is 17.2 Å². The predicted molar refractivity (Wildman–Crippen MR) is 148 cm³/mol. The SMILES string of the molecule is Cc1ccc(NC(=O)Nc2sc(C(C)(C)C)cc2C(=O)N2CCNC(=O)C2(C)C)cc1-c1ccc(F)nc1. The number of nitrogens with zero attached hydrogens (tertiary/aromatic N) is 2. The summed E-state index contributed by atoms with van der Waals surface area (Å²) < 4.78 is 13.3. The van der Waals surface area contributed by atoms with Crippen molar-refractivity contribution >= 4 is 39.9 Å². The summed E-state index contributed by atoms with van der Waals surface area (Å²) in [6.45, 7) is 12.2. The molecule has 0 radical (unpaired) electrons. The smallest absolute Gasteiger partial charge is 0.324 e. The number of urea groups is 1. The van der Waals surface area contributed by atoms with Crippen LogP contribution in [-0.4, -0.2) is 46.4 Å². The zero-order chi connectivity index (χ0) is 27.8. The third kappa shape index (κ3) is 5.55. The van der Waals surface area contributed by atoms with E-state index < -0.39 is 17.5 Å². The van der Waals surface area contributed by atoms with Crippen LogP contribution in [0.1, 0.15) is 55.4 Å². The molecule has 200 valence electrons. The molecule has 0 unspecified atom stereocenters. The summed E-state index contributed by atoms with van der Waals surface area (Å²) in [4.78, 5) is 45.4. The van der Waals surface area contributed by atoms with Gasteiger partial charge in [0.2, 0.25) is 11.9 Å². The normalized spacial score (nSPS) is 15.1. The Morgan fingerprint density at radius 2 is 1.87 bits per heavy atom. The van der Waals surface area contributed by atoms with E-state index in [0.29, 0.717) is 29.3 Å². The first kappa shape index (κ1) is 27.3. The summed E-state index contributed by atoms with van der Waals surface area (Å²) in [6, 6.07) is 9.63. The van der Waals surface area contributed by atoms with Crippen LogP contribution in [0.5, 0.6) is 0 Å². The fraction of sp³-hybridized carbons (Fsp3) is 0.357. The Labute approximate surface area is 225 Å². The van der Waals surface area contributed by atoms with Crippen molar-refractivity contribution in [1.29, 1.82) is 0 Å². The van der Waals surface area contributed by atoms with Gasteiger partial charge in [-0.05, 0) is 67.6 Å². The Hall–Kier alpha value is -3.79. The van der Waals surface area contributed by atoms with Gasteiger partial charge in [-0.2, -0.15) is 4.39 Å². The van der Waals surface area contributed by atoms with Crippen LogP contribution < -0.4 is 16.0 Å². The average molecular weight is 538 g/mol. The highest BCUT2D eigenvalue weighted by molar-refractivity contribution is 7.16. The van der Waals surface area contributed by atoms with Crippen LogP contribution in [0.25, 0.3) is 11.1 Å². The minimum atomic E-state index is -1.02. The molecule has 1 aromatic carbocycles. The minimum Gasteiger partial charge on any atom is -0.352 e. The highest BCUT2D eigenvalue weighted by atomic mass is 32.1. The Bertz CT molecular complexity index is 1390. The van der Waals surface area contributed by atoms with Crippen molar-refractivity contribution in [3.63, 3.8) is 0 Å². The molecule has 1 aliphatic rings. The molecule has 4 amide bonds. The number of carbonyl (C=O) groups is 3. The van der Waals surface area contributed by atoms with Crippen LogP contribution in [-0.2, 0) is 10.2 Å². The molecule has 1 saturated heterocycles. The van der Waals surface area contributed by atoms with Gasteiger partial charge >= 0.3 is 6.03 Å². The second-order valence-corrected chi connectivity index (χ2v) is 11.9. The van der Waals surface area contributed by atoms with Gasteiger partial charge in [-0.15, -0.1) is 11.3 Å². The molecular formula is C28H32FN5O3S. The first-order chi connectivity index (χ1) is 17.8. The van der Waals surface area contributed by atoms with Crippen molar-refractivity contribution in [3.05, 3.63) is 64.5 Å². The lowest BCUT2D eigenvalue weighted by Crippen LogP contribution is -2.63. The molecule has 38 heavy (non-hydrogen) atoms. The van der Waals surface area contributed by atoms with Crippen LogP contribution >= 0.6 is 11.3 Å². The fourth-order valence-electron chi connectivity index (χ4n) is 4.22. The largest absolute Gasteiger partial charge is 0.352 e. The summed E-state index contributed by atoms with van der Waals surface area (Å²) in [5.41, 5.74) is 2.08. The molecule has 0 aliphatic carbocycles. The lowest BCUT2D eigenvalue weighted by molar-refractivity contribution is -0.133. The van der Waals surface area contributed by atoms with Crippen LogP contribution in [0.15, 0.2) is 42.6 Å². The van der Waals surface area contributed by atoms with E-state index in [1.807, 2.05) is 33.8 Å². The number of benzene rings is 1. The zero-order valence-electron chi connectivity index (χ0n) is 22.4. The van der Waals surface area contributed by atoms with Crippen molar-refractivity contribution < 1.29 is 18.8 Å².